The highest BCUT2D eigenvalue weighted by molar-refractivity contribution is 5.28. The summed E-state index contributed by atoms with van der Waals surface area (Å²) in [5, 5.41) is 17.7. The van der Waals surface area contributed by atoms with E-state index in [2.05, 4.69) is 62.3 Å². The fraction of sp³-hybridized carbons (Fsp3) is 0.556. The van der Waals surface area contributed by atoms with Crippen molar-refractivity contribution in [1.29, 1.82) is 0 Å². The SMILES string of the molecule is CCCCc1c(CO)nnn1Cc1ccc(C(C)(C)C)cc1. The summed E-state index contributed by atoms with van der Waals surface area (Å²) in [6.07, 6.45) is 3.12. The molecule has 1 aromatic carbocycles. The molecule has 4 heteroatoms. The number of rotatable bonds is 6. The highest BCUT2D eigenvalue weighted by Gasteiger charge is 2.14. The Morgan fingerprint density at radius 1 is 1.14 bits per heavy atom. The molecular weight excluding hydrogens is 274 g/mol. The zero-order valence-corrected chi connectivity index (χ0v) is 14.1. The Labute approximate surface area is 133 Å². The molecule has 0 aliphatic carbocycles. The second-order valence-corrected chi connectivity index (χ2v) is 6.85. The van der Waals surface area contributed by atoms with E-state index in [1.54, 1.807) is 0 Å². The van der Waals surface area contributed by atoms with Gasteiger partial charge in [-0.15, -0.1) is 5.10 Å². The monoisotopic (exact) mass is 301 g/mol. The van der Waals surface area contributed by atoms with Gasteiger partial charge in [0, 0.05) is 0 Å². The Hall–Kier alpha value is -1.68. The van der Waals surface area contributed by atoms with Crippen LogP contribution in [0.5, 0.6) is 0 Å². The van der Waals surface area contributed by atoms with Gasteiger partial charge in [0.15, 0.2) is 0 Å². The van der Waals surface area contributed by atoms with Crippen LogP contribution in [0.2, 0.25) is 0 Å². The van der Waals surface area contributed by atoms with Crippen LogP contribution in [0.25, 0.3) is 0 Å². The van der Waals surface area contributed by atoms with Crippen molar-refractivity contribution in [2.75, 3.05) is 0 Å². The maximum Gasteiger partial charge on any atom is 0.111 e. The lowest BCUT2D eigenvalue weighted by atomic mass is 9.87. The number of hydrogen-bond donors (Lipinski definition) is 1. The van der Waals surface area contributed by atoms with E-state index in [0.717, 1.165) is 25.0 Å². The minimum atomic E-state index is -0.0397. The van der Waals surface area contributed by atoms with Crippen molar-refractivity contribution in [2.24, 2.45) is 0 Å². The summed E-state index contributed by atoms with van der Waals surface area (Å²) in [4.78, 5) is 0. The Bertz CT molecular complexity index is 594. The molecule has 0 bridgehead atoms. The van der Waals surface area contributed by atoms with E-state index in [9.17, 15) is 5.11 Å². The normalized spacial score (nSPS) is 11.9. The van der Waals surface area contributed by atoms with Crippen LogP contribution in [-0.4, -0.2) is 20.1 Å². The molecule has 22 heavy (non-hydrogen) atoms. The van der Waals surface area contributed by atoms with Crippen LogP contribution in [-0.2, 0) is 25.0 Å². The second kappa shape index (κ2) is 7.05. The first-order valence-electron chi connectivity index (χ1n) is 8.07. The largest absolute Gasteiger partial charge is 0.390 e. The quantitative estimate of drug-likeness (QED) is 0.889. The Morgan fingerprint density at radius 3 is 2.36 bits per heavy atom. The third kappa shape index (κ3) is 3.95. The molecule has 1 N–H and O–H groups in total. The zero-order chi connectivity index (χ0) is 16.2. The molecule has 0 amide bonds. The third-order valence-corrected chi connectivity index (χ3v) is 3.99. The lowest BCUT2D eigenvalue weighted by Crippen LogP contribution is -2.11. The highest BCUT2D eigenvalue weighted by atomic mass is 16.3. The minimum Gasteiger partial charge on any atom is -0.390 e. The average Bonchev–Trinajstić information content (AvgIpc) is 2.86. The summed E-state index contributed by atoms with van der Waals surface area (Å²) in [5.41, 5.74) is 4.48. The van der Waals surface area contributed by atoms with Crippen molar-refractivity contribution >= 4 is 0 Å². The van der Waals surface area contributed by atoms with Crippen molar-refractivity contribution in [2.45, 2.75) is 65.5 Å². The van der Waals surface area contributed by atoms with E-state index in [-0.39, 0.29) is 12.0 Å². The molecule has 0 unspecified atom stereocenters. The van der Waals surface area contributed by atoms with E-state index < -0.39 is 0 Å². The van der Waals surface area contributed by atoms with E-state index in [1.807, 2.05) is 4.68 Å². The predicted molar refractivity (Wildman–Crippen MR) is 88.8 cm³/mol. The van der Waals surface area contributed by atoms with Gasteiger partial charge in [-0.3, -0.25) is 0 Å². The number of unbranched alkanes of at least 4 members (excludes halogenated alkanes) is 1. The molecule has 0 saturated carbocycles. The Balaban J connectivity index is 2.18. The molecule has 0 radical (unpaired) electrons. The fourth-order valence-electron chi connectivity index (χ4n) is 2.52. The van der Waals surface area contributed by atoms with Crippen LogP contribution in [0.4, 0.5) is 0 Å². The highest BCUT2D eigenvalue weighted by Crippen LogP contribution is 2.22. The lowest BCUT2D eigenvalue weighted by Gasteiger charge is -2.19. The van der Waals surface area contributed by atoms with Gasteiger partial charge in [0.25, 0.3) is 0 Å². The van der Waals surface area contributed by atoms with Gasteiger partial charge < -0.3 is 5.11 Å². The Morgan fingerprint density at radius 2 is 1.82 bits per heavy atom. The average molecular weight is 301 g/mol. The van der Waals surface area contributed by atoms with Crippen LogP contribution in [0.1, 0.15) is 63.1 Å². The lowest BCUT2D eigenvalue weighted by molar-refractivity contribution is 0.275. The van der Waals surface area contributed by atoms with E-state index in [1.165, 1.54) is 11.1 Å². The number of nitrogens with zero attached hydrogens (tertiary/aromatic N) is 3. The molecule has 0 saturated heterocycles. The number of aliphatic hydroxyl groups excluding tert-OH is 1. The van der Waals surface area contributed by atoms with E-state index in [0.29, 0.717) is 12.2 Å². The molecular formula is C18H27N3O. The van der Waals surface area contributed by atoms with Crippen molar-refractivity contribution < 1.29 is 5.11 Å². The predicted octanol–water partition coefficient (Wildman–Crippen LogP) is 3.46. The molecule has 0 fully saturated rings. The van der Waals surface area contributed by atoms with Gasteiger partial charge in [0.2, 0.25) is 0 Å². The van der Waals surface area contributed by atoms with E-state index in [4.69, 9.17) is 0 Å². The van der Waals surface area contributed by atoms with Crippen LogP contribution < -0.4 is 0 Å². The van der Waals surface area contributed by atoms with Gasteiger partial charge >= 0.3 is 0 Å². The Kier molecular flexibility index (Phi) is 5.35. The van der Waals surface area contributed by atoms with Crippen LogP contribution >= 0.6 is 0 Å². The standard InChI is InChI=1S/C18H27N3O/c1-5-6-7-17-16(13-22)19-20-21(17)12-14-8-10-15(11-9-14)18(2,3)4/h8-11,22H,5-7,12-13H2,1-4H3. The topological polar surface area (TPSA) is 50.9 Å². The van der Waals surface area contributed by atoms with Gasteiger partial charge in [-0.05, 0) is 29.4 Å². The van der Waals surface area contributed by atoms with Gasteiger partial charge in [-0.1, -0.05) is 63.6 Å². The molecule has 4 nitrogen and oxygen atoms in total. The molecule has 0 atom stereocenters. The van der Waals surface area contributed by atoms with Crippen molar-refractivity contribution in [3.8, 4) is 0 Å². The molecule has 2 rings (SSSR count). The van der Waals surface area contributed by atoms with Crippen molar-refractivity contribution in [1.82, 2.24) is 15.0 Å². The first-order chi connectivity index (χ1) is 10.5. The molecule has 1 aromatic heterocycles. The number of aliphatic hydroxyl groups is 1. The number of benzene rings is 1. The van der Waals surface area contributed by atoms with Gasteiger partial charge in [0.05, 0.1) is 18.8 Å². The summed E-state index contributed by atoms with van der Waals surface area (Å²) in [7, 11) is 0. The maximum atomic E-state index is 9.41. The fourth-order valence-corrected chi connectivity index (χ4v) is 2.52. The van der Waals surface area contributed by atoms with Gasteiger partial charge in [-0.2, -0.15) is 0 Å². The summed E-state index contributed by atoms with van der Waals surface area (Å²) < 4.78 is 1.92. The summed E-state index contributed by atoms with van der Waals surface area (Å²) in [6.45, 7) is 9.48. The van der Waals surface area contributed by atoms with Crippen molar-refractivity contribution in [3.05, 3.63) is 46.8 Å². The zero-order valence-electron chi connectivity index (χ0n) is 14.1. The maximum absolute atomic E-state index is 9.41. The summed E-state index contributed by atoms with van der Waals surface area (Å²) >= 11 is 0. The van der Waals surface area contributed by atoms with Gasteiger partial charge in [-0.25, -0.2) is 4.68 Å². The molecule has 2 aromatic rings. The minimum absolute atomic E-state index is 0.0397. The third-order valence-electron chi connectivity index (χ3n) is 3.99. The summed E-state index contributed by atoms with van der Waals surface area (Å²) in [6, 6.07) is 8.69. The number of aromatic nitrogens is 3. The first-order valence-corrected chi connectivity index (χ1v) is 8.07. The molecule has 0 spiro atoms. The molecule has 120 valence electrons. The van der Waals surface area contributed by atoms with Gasteiger partial charge in [0.1, 0.15) is 5.69 Å². The van der Waals surface area contributed by atoms with Crippen LogP contribution in [0.3, 0.4) is 0 Å². The second-order valence-electron chi connectivity index (χ2n) is 6.85. The molecule has 0 aliphatic rings. The van der Waals surface area contributed by atoms with Crippen molar-refractivity contribution in [3.63, 3.8) is 0 Å². The smallest absolute Gasteiger partial charge is 0.111 e. The molecule has 1 heterocycles. The summed E-state index contributed by atoms with van der Waals surface area (Å²) in [5.74, 6) is 0. The van der Waals surface area contributed by atoms with Crippen LogP contribution in [0.15, 0.2) is 24.3 Å². The first kappa shape index (κ1) is 16.7. The number of hydrogen-bond acceptors (Lipinski definition) is 3. The van der Waals surface area contributed by atoms with E-state index >= 15 is 0 Å². The van der Waals surface area contributed by atoms with Crippen LogP contribution in [0, 0.1) is 0 Å². The molecule has 0 aliphatic heterocycles.